The van der Waals surface area contributed by atoms with Crippen molar-refractivity contribution in [2.24, 2.45) is 5.73 Å². The van der Waals surface area contributed by atoms with Gasteiger partial charge in [-0.15, -0.1) is 11.8 Å². The summed E-state index contributed by atoms with van der Waals surface area (Å²) in [6.07, 6.45) is 1.84. The van der Waals surface area contributed by atoms with E-state index < -0.39 is 12.0 Å². The maximum absolute atomic E-state index is 10.9. The number of ether oxygens (including phenoxy) is 2. The normalized spacial score (nSPS) is 14.9. The zero-order chi connectivity index (χ0) is 11.7. The van der Waals surface area contributed by atoms with Crippen LogP contribution in [0.1, 0.15) is 11.6 Å². The number of benzene rings is 1. The Morgan fingerprint density at radius 2 is 2.31 bits per heavy atom. The average molecular weight is 241 g/mol. The molecule has 1 aliphatic heterocycles. The fourth-order valence-electron chi connectivity index (χ4n) is 1.55. The van der Waals surface area contributed by atoms with Crippen molar-refractivity contribution in [2.45, 2.75) is 10.9 Å². The molecular formula is C10H11NO4S. The van der Waals surface area contributed by atoms with Gasteiger partial charge in [0, 0.05) is 0 Å². The van der Waals surface area contributed by atoms with Crippen LogP contribution in [0.15, 0.2) is 17.0 Å². The second kappa shape index (κ2) is 4.23. The zero-order valence-electron chi connectivity index (χ0n) is 8.60. The summed E-state index contributed by atoms with van der Waals surface area (Å²) >= 11 is 1.40. The largest absolute Gasteiger partial charge is 0.480 e. The minimum absolute atomic E-state index is 0.161. The summed E-state index contributed by atoms with van der Waals surface area (Å²) in [6, 6.07) is 2.30. The van der Waals surface area contributed by atoms with Crippen LogP contribution in [0, 0.1) is 0 Å². The number of carbonyl (C=O) groups is 1. The number of hydrogen-bond acceptors (Lipinski definition) is 5. The summed E-state index contributed by atoms with van der Waals surface area (Å²) in [4.78, 5) is 11.6. The summed E-state index contributed by atoms with van der Waals surface area (Å²) in [7, 11) is 0. The van der Waals surface area contributed by atoms with Crippen LogP contribution in [0.3, 0.4) is 0 Å². The molecule has 1 aliphatic rings. The third kappa shape index (κ3) is 1.70. The molecular weight excluding hydrogens is 230 g/mol. The third-order valence-electron chi connectivity index (χ3n) is 2.33. The molecule has 0 fully saturated rings. The zero-order valence-corrected chi connectivity index (χ0v) is 9.41. The molecule has 2 rings (SSSR count). The first kappa shape index (κ1) is 11.1. The summed E-state index contributed by atoms with van der Waals surface area (Å²) in [5, 5.41) is 8.90. The lowest BCUT2D eigenvalue weighted by Crippen LogP contribution is -2.21. The maximum Gasteiger partial charge on any atom is 0.325 e. The minimum atomic E-state index is -1.06. The van der Waals surface area contributed by atoms with E-state index in [0.717, 1.165) is 4.90 Å². The van der Waals surface area contributed by atoms with Crippen LogP contribution in [0.25, 0.3) is 0 Å². The Morgan fingerprint density at radius 3 is 2.94 bits per heavy atom. The van der Waals surface area contributed by atoms with Gasteiger partial charge in [-0.1, -0.05) is 6.07 Å². The van der Waals surface area contributed by atoms with Crippen LogP contribution in [0.4, 0.5) is 0 Å². The highest BCUT2D eigenvalue weighted by molar-refractivity contribution is 7.98. The van der Waals surface area contributed by atoms with Crippen molar-refractivity contribution in [1.82, 2.24) is 0 Å². The van der Waals surface area contributed by atoms with Gasteiger partial charge in [0.25, 0.3) is 0 Å². The Bertz CT molecular complexity index is 435. The fraction of sp³-hybridized carbons (Fsp3) is 0.300. The molecule has 1 aromatic carbocycles. The lowest BCUT2D eigenvalue weighted by atomic mass is 10.1. The molecule has 0 aromatic heterocycles. The molecule has 1 unspecified atom stereocenters. The standard InChI is InChI=1S/C10H11NO4S/c1-16-9-5(7(11)10(12)13)2-3-6-8(9)15-4-14-6/h2-3,7H,4,11H2,1H3,(H,12,13). The van der Waals surface area contributed by atoms with E-state index in [1.54, 1.807) is 12.1 Å². The number of hydrogen-bond donors (Lipinski definition) is 2. The van der Waals surface area contributed by atoms with Crippen LogP contribution in [-0.4, -0.2) is 24.1 Å². The number of nitrogens with two attached hydrogens (primary N) is 1. The van der Waals surface area contributed by atoms with Crippen molar-refractivity contribution in [1.29, 1.82) is 0 Å². The van der Waals surface area contributed by atoms with Gasteiger partial charge in [-0.2, -0.15) is 0 Å². The second-order valence-corrected chi connectivity index (χ2v) is 4.05. The molecule has 0 spiro atoms. The first-order valence-corrected chi connectivity index (χ1v) is 5.82. The van der Waals surface area contributed by atoms with E-state index >= 15 is 0 Å². The monoisotopic (exact) mass is 241 g/mol. The van der Waals surface area contributed by atoms with E-state index in [4.69, 9.17) is 20.3 Å². The predicted molar refractivity (Wildman–Crippen MR) is 58.9 cm³/mol. The minimum Gasteiger partial charge on any atom is -0.480 e. The summed E-state index contributed by atoms with van der Waals surface area (Å²) in [6.45, 7) is 0.161. The Balaban J connectivity index is 2.50. The van der Waals surface area contributed by atoms with E-state index in [9.17, 15) is 4.79 Å². The van der Waals surface area contributed by atoms with Gasteiger partial charge in [0.05, 0.1) is 4.90 Å². The number of rotatable bonds is 3. The van der Waals surface area contributed by atoms with Crippen LogP contribution in [0.5, 0.6) is 11.5 Å². The van der Waals surface area contributed by atoms with E-state index in [2.05, 4.69) is 0 Å². The van der Waals surface area contributed by atoms with Gasteiger partial charge in [-0.05, 0) is 17.9 Å². The van der Waals surface area contributed by atoms with Gasteiger partial charge in [0.2, 0.25) is 6.79 Å². The lowest BCUT2D eigenvalue weighted by molar-refractivity contribution is -0.138. The topological polar surface area (TPSA) is 81.8 Å². The van der Waals surface area contributed by atoms with Crippen molar-refractivity contribution >= 4 is 17.7 Å². The molecule has 1 aromatic rings. The molecule has 1 heterocycles. The molecule has 0 saturated carbocycles. The SMILES string of the molecule is CSc1c(C(N)C(=O)O)ccc2c1OCO2. The van der Waals surface area contributed by atoms with Gasteiger partial charge < -0.3 is 20.3 Å². The second-order valence-electron chi connectivity index (χ2n) is 3.24. The number of aliphatic carboxylic acids is 1. The molecule has 3 N–H and O–H groups in total. The molecule has 1 atom stereocenters. The third-order valence-corrected chi connectivity index (χ3v) is 3.16. The van der Waals surface area contributed by atoms with Crippen LogP contribution in [-0.2, 0) is 4.79 Å². The summed E-state index contributed by atoms with van der Waals surface area (Å²) < 4.78 is 10.5. The number of carboxylic acids is 1. The summed E-state index contributed by atoms with van der Waals surface area (Å²) in [5.41, 5.74) is 6.14. The maximum atomic E-state index is 10.9. The molecule has 86 valence electrons. The number of fused-ring (bicyclic) bond motifs is 1. The molecule has 5 nitrogen and oxygen atoms in total. The quantitative estimate of drug-likeness (QED) is 0.774. The Morgan fingerprint density at radius 1 is 1.56 bits per heavy atom. The van der Waals surface area contributed by atoms with Gasteiger partial charge in [-0.3, -0.25) is 4.79 Å². The van der Waals surface area contributed by atoms with Crippen molar-refractivity contribution in [3.8, 4) is 11.5 Å². The van der Waals surface area contributed by atoms with Gasteiger partial charge in [0.1, 0.15) is 6.04 Å². The molecule has 6 heteroatoms. The first-order chi connectivity index (χ1) is 7.65. The molecule has 0 bridgehead atoms. The van der Waals surface area contributed by atoms with Gasteiger partial charge in [-0.25, -0.2) is 0 Å². The highest BCUT2D eigenvalue weighted by Gasteiger charge is 2.25. The average Bonchev–Trinajstić information content (AvgIpc) is 2.74. The van der Waals surface area contributed by atoms with Crippen molar-refractivity contribution in [2.75, 3.05) is 13.0 Å². The van der Waals surface area contributed by atoms with Crippen LogP contribution < -0.4 is 15.2 Å². The smallest absolute Gasteiger partial charge is 0.325 e. The van der Waals surface area contributed by atoms with Crippen molar-refractivity contribution < 1.29 is 19.4 Å². The van der Waals surface area contributed by atoms with E-state index in [-0.39, 0.29) is 6.79 Å². The molecule has 0 saturated heterocycles. The van der Waals surface area contributed by atoms with Gasteiger partial charge in [0.15, 0.2) is 11.5 Å². The first-order valence-electron chi connectivity index (χ1n) is 4.60. The number of thioether (sulfide) groups is 1. The lowest BCUT2D eigenvalue weighted by Gasteiger charge is -2.13. The Kier molecular flexibility index (Phi) is 2.93. The Hall–Kier alpha value is -1.40. The fourth-order valence-corrected chi connectivity index (χ4v) is 2.33. The highest BCUT2D eigenvalue weighted by Crippen LogP contribution is 2.43. The van der Waals surface area contributed by atoms with E-state index in [1.165, 1.54) is 11.8 Å². The van der Waals surface area contributed by atoms with Crippen LogP contribution >= 0.6 is 11.8 Å². The number of carboxylic acid groups (broad SMARTS) is 1. The highest BCUT2D eigenvalue weighted by atomic mass is 32.2. The van der Waals surface area contributed by atoms with E-state index in [1.807, 2.05) is 6.26 Å². The van der Waals surface area contributed by atoms with Crippen molar-refractivity contribution in [3.05, 3.63) is 17.7 Å². The van der Waals surface area contributed by atoms with Gasteiger partial charge >= 0.3 is 5.97 Å². The summed E-state index contributed by atoms with van der Waals surface area (Å²) in [5.74, 6) is 0.154. The predicted octanol–water partition coefficient (Wildman–Crippen LogP) is 1.22. The molecule has 0 amide bonds. The molecule has 0 aliphatic carbocycles. The van der Waals surface area contributed by atoms with Crippen LogP contribution in [0.2, 0.25) is 0 Å². The molecule has 0 radical (unpaired) electrons. The van der Waals surface area contributed by atoms with E-state index in [0.29, 0.717) is 17.1 Å². The Labute approximate surface area is 96.5 Å². The van der Waals surface area contributed by atoms with Crippen molar-refractivity contribution in [3.63, 3.8) is 0 Å². The molecule has 16 heavy (non-hydrogen) atoms.